The van der Waals surface area contributed by atoms with Crippen LogP contribution in [0.5, 0.6) is 0 Å². The van der Waals surface area contributed by atoms with Crippen LogP contribution in [-0.2, 0) is 6.18 Å². The van der Waals surface area contributed by atoms with Gasteiger partial charge in [0.1, 0.15) is 5.82 Å². The van der Waals surface area contributed by atoms with Gasteiger partial charge in [-0.05, 0) is 31.2 Å². The largest absolute Gasteiger partial charge is 0.417 e. The second-order valence-corrected chi connectivity index (χ2v) is 3.93. The Morgan fingerprint density at radius 3 is 2.56 bits per heavy atom. The number of rotatable bonds is 4. The van der Waals surface area contributed by atoms with Crippen LogP contribution in [0.1, 0.15) is 25.0 Å². The Balaban J connectivity index is 3.02. The van der Waals surface area contributed by atoms with E-state index in [4.69, 9.17) is 0 Å². The quantitative estimate of drug-likeness (QED) is 0.812. The molecular weight excluding hydrogens is 246 g/mol. The highest BCUT2D eigenvalue weighted by atomic mass is 19.4. The summed E-state index contributed by atoms with van der Waals surface area (Å²) >= 11 is 0. The van der Waals surface area contributed by atoms with Crippen LogP contribution >= 0.6 is 0 Å². The first-order valence-corrected chi connectivity index (χ1v) is 5.63. The first-order valence-electron chi connectivity index (χ1n) is 5.63. The van der Waals surface area contributed by atoms with Gasteiger partial charge < -0.3 is 5.32 Å². The fourth-order valence-corrected chi connectivity index (χ4v) is 1.56. The van der Waals surface area contributed by atoms with Gasteiger partial charge in [0.15, 0.2) is 0 Å². The van der Waals surface area contributed by atoms with Gasteiger partial charge in [0, 0.05) is 6.04 Å². The average Bonchev–Trinajstić information content (AvgIpc) is 2.26. The average molecular weight is 261 g/mol. The molecule has 0 aliphatic carbocycles. The molecule has 0 spiro atoms. The molecule has 0 saturated heterocycles. The molecular formula is C13H15F4N. The van der Waals surface area contributed by atoms with Crippen LogP contribution in [-0.4, -0.2) is 12.6 Å². The van der Waals surface area contributed by atoms with E-state index in [-0.39, 0.29) is 11.6 Å². The van der Waals surface area contributed by atoms with Crippen molar-refractivity contribution in [2.45, 2.75) is 26.1 Å². The number of nitrogens with one attached hydrogen (secondary N) is 1. The molecule has 5 heteroatoms. The molecule has 0 bridgehead atoms. The topological polar surface area (TPSA) is 12.0 Å². The molecule has 1 rings (SSSR count). The normalized spacial score (nSPS) is 14.1. The summed E-state index contributed by atoms with van der Waals surface area (Å²) in [6.45, 7) is 4.46. The van der Waals surface area contributed by atoms with Crippen LogP contribution < -0.4 is 5.32 Å². The lowest BCUT2D eigenvalue weighted by molar-refractivity contribution is -0.137. The number of benzene rings is 1. The van der Waals surface area contributed by atoms with Gasteiger partial charge >= 0.3 is 6.18 Å². The minimum atomic E-state index is -4.55. The van der Waals surface area contributed by atoms with E-state index in [2.05, 4.69) is 5.32 Å². The molecule has 0 radical (unpaired) electrons. The molecule has 1 atom stereocenters. The van der Waals surface area contributed by atoms with Crippen molar-refractivity contribution in [1.29, 1.82) is 0 Å². The maximum Gasteiger partial charge on any atom is 0.417 e. The minimum Gasteiger partial charge on any atom is -0.311 e. The summed E-state index contributed by atoms with van der Waals surface area (Å²) < 4.78 is 50.9. The van der Waals surface area contributed by atoms with Gasteiger partial charge in [-0.3, -0.25) is 0 Å². The maximum atomic E-state index is 12.9. The molecule has 0 heterocycles. The van der Waals surface area contributed by atoms with Gasteiger partial charge in [-0.15, -0.1) is 0 Å². The third kappa shape index (κ3) is 4.14. The smallest absolute Gasteiger partial charge is 0.311 e. The van der Waals surface area contributed by atoms with Crippen LogP contribution in [0.3, 0.4) is 0 Å². The van der Waals surface area contributed by atoms with E-state index in [0.29, 0.717) is 6.07 Å². The van der Waals surface area contributed by atoms with Crippen molar-refractivity contribution in [2.24, 2.45) is 0 Å². The first-order chi connectivity index (χ1) is 8.34. The third-order valence-electron chi connectivity index (χ3n) is 2.41. The Kier molecular flexibility index (Phi) is 4.90. The molecule has 0 amide bonds. The molecule has 1 nitrogen and oxygen atoms in total. The van der Waals surface area contributed by atoms with Crippen LogP contribution in [0.4, 0.5) is 17.6 Å². The monoisotopic (exact) mass is 261 g/mol. The highest BCUT2D eigenvalue weighted by molar-refractivity contribution is 5.55. The molecule has 1 N–H and O–H groups in total. The summed E-state index contributed by atoms with van der Waals surface area (Å²) in [7, 11) is 0. The Morgan fingerprint density at radius 2 is 2.00 bits per heavy atom. The van der Waals surface area contributed by atoms with Crippen LogP contribution in [0.15, 0.2) is 24.3 Å². The van der Waals surface area contributed by atoms with Gasteiger partial charge in [0.25, 0.3) is 0 Å². The Morgan fingerprint density at radius 1 is 1.33 bits per heavy atom. The standard InChI is InChI=1S/C13H15F4N/c1-3-18-9(2)4-5-10-6-7-11(14)8-12(10)13(15,16)17/h4-9,18H,3H2,1-2H3/b5-4+. The minimum absolute atomic E-state index is 0.0337. The van der Waals surface area contributed by atoms with Crippen LogP contribution in [0, 0.1) is 5.82 Å². The summed E-state index contributed by atoms with van der Waals surface area (Å²) in [6, 6.07) is 2.62. The SMILES string of the molecule is CCNC(C)/C=C/c1ccc(F)cc1C(F)(F)F. The number of hydrogen-bond donors (Lipinski definition) is 1. The lowest BCUT2D eigenvalue weighted by Crippen LogP contribution is -2.23. The van der Waals surface area contributed by atoms with Crippen LogP contribution in [0.25, 0.3) is 6.08 Å². The molecule has 0 aliphatic rings. The van der Waals surface area contributed by atoms with Gasteiger partial charge in [0.2, 0.25) is 0 Å². The Hall–Kier alpha value is -1.36. The highest BCUT2D eigenvalue weighted by Gasteiger charge is 2.33. The van der Waals surface area contributed by atoms with Crippen molar-refractivity contribution < 1.29 is 17.6 Å². The predicted molar refractivity (Wildman–Crippen MR) is 63.6 cm³/mol. The molecule has 1 aromatic carbocycles. The highest BCUT2D eigenvalue weighted by Crippen LogP contribution is 2.33. The maximum absolute atomic E-state index is 12.9. The van der Waals surface area contributed by atoms with Crippen molar-refractivity contribution in [3.8, 4) is 0 Å². The number of alkyl halides is 3. The lowest BCUT2D eigenvalue weighted by atomic mass is 10.1. The van der Waals surface area contributed by atoms with Crippen molar-refractivity contribution in [3.63, 3.8) is 0 Å². The van der Waals surface area contributed by atoms with E-state index in [1.165, 1.54) is 6.08 Å². The van der Waals surface area contributed by atoms with Gasteiger partial charge in [-0.1, -0.05) is 25.1 Å². The summed E-state index contributed by atoms with van der Waals surface area (Å²) in [5.74, 6) is -0.890. The van der Waals surface area contributed by atoms with Gasteiger partial charge in [-0.25, -0.2) is 4.39 Å². The molecule has 1 aromatic rings. The van der Waals surface area contributed by atoms with E-state index < -0.39 is 17.6 Å². The van der Waals surface area contributed by atoms with Crippen LogP contribution in [0.2, 0.25) is 0 Å². The van der Waals surface area contributed by atoms with Crippen molar-refractivity contribution >= 4 is 6.08 Å². The van der Waals surface area contributed by atoms with E-state index in [1.807, 2.05) is 13.8 Å². The molecule has 1 unspecified atom stereocenters. The molecule has 0 aromatic heterocycles. The summed E-state index contributed by atoms with van der Waals surface area (Å²) in [6.07, 6.45) is -1.58. The van der Waals surface area contributed by atoms with Crippen molar-refractivity contribution in [1.82, 2.24) is 5.32 Å². The second kappa shape index (κ2) is 6.00. The molecule has 0 saturated carbocycles. The van der Waals surface area contributed by atoms with E-state index in [9.17, 15) is 17.6 Å². The third-order valence-corrected chi connectivity index (χ3v) is 2.41. The first kappa shape index (κ1) is 14.7. The summed E-state index contributed by atoms with van der Waals surface area (Å²) in [4.78, 5) is 0. The second-order valence-electron chi connectivity index (χ2n) is 3.93. The van der Waals surface area contributed by atoms with Gasteiger partial charge in [0.05, 0.1) is 5.56 Å². The fourth-order valence-electron chi connectivity index (χ4n) is 1.56. The van der Waals surface area contributed by atoms with Crippen molar-refractivity contribution in [3.05, 3.63) is 41.2 Å². The predicted octanol–water partition coefficient (Wildman–Crippen LogP) is 3.86. The summed E-state index contributed by atoms with van der Waals surface area (Å²) in [5.41, 5.74) is -0.990. The zero-order chi connectivity index (χ0) is 13.8. The number of hydrogen-bond acceptors (Lipinski definition) is 1. The number of likely N-dealkylation sites (N-methyl/N-ethyl adjacent to an activating group) is 1. The van der Waals surface area contributed by atoms with E-state index in [1.54, 1.807) is 6.08 Å². The fraction of sp³-hybridized carbons (Fsp3) is 0.385. The molecule has 0 fully saturated rings. The van der Waals surface area contributed by atoms with E-state index in [0.717, 1.165) is 18.7 Å². The zero-order valence-electron chi connectivity index (χ0n) is 10.2. The van der Waals surface area contributed by atoms with E-state index >= 15 is 0 Å². The Bertz CT molecular complexity index is 423. The zero-order valence-corrected chi connectivity index (χ0v) is 10.2. The molecule has 18 heavy (non-hydrogen) atoms. The van der Waals surface area contributed by atoms with Gasteiger partial charge in [-0.2, -0.15) is 13.2 Å². The lowest BCUT2D eigenvalue weighted by Gasteiger charge is -2.11. The van der Waals surface area contributed by atoms with Crippen molar-refractivity contribution in [2.75, 3.05) is 6.54 Å². The Labute approximate surface area is 104 Å². The number of halogens is 4. The summed E-state index contributed by atoms with van der Waals surface area (Å²) in [5, 5.41) is 3.04. The molecule has 100 valence electrons. The molecule has 0 aliphatic heterocycles.